The maximum atomic E-state index is 4.28. The van der Waals surface area contributed by atoms with Gasteiger partial charge in [-0.2, -0.15) is 0 Å². The molecule has 12 heavy (non-hydrogen) atoms. The molecule has 1 rings (SSSR count). The molecule has 0 aromatic carbocycles. The molecular formula is C9H13BrN2. The zero-order valence-corrected chi connectivity index (χ0v) is 9.00. The Hall–Kier alpha value is -0.570. The van der Waals surface area contributed by atoms with E-state index in [-0.39, 0.29) is 0 Å². The van der Waals surface area contributed by atoms with Gasteiger partial charge in [-0.05, 0) is 34.5 Å². The summed E-state index contributed by atoms with van der Waals surface area (Å²) >= 11 is 3.46. The van der Waals surface area contributed by atoms with Crippen LogP contribution in [0.1, 0.15) is 13.3 Å². The Morgan fingerprint density at radius 3 is 2.92 bits per heavy atom. The number of hydrogen-bond acceptors (Lipinski definition) is 2. The van der Waals surface area contributed by atoms with Crippen LogP contribution in [0.5, 0.6) is 0 Å². The van der Waals surface area contributed by atoms with Crippen LogP contribution in [0.2, 0.25) is 0 Å². The Bertz CT molecular complexity index is 250. The lowest BCUT2D eigenvalue weighted by molar-refractivity contribution is 0.835. The fourth-order valence-electron chi connectivity index (χ4n) is 1.10. The van der Waals surface area contributed by atoms with E-state index < -0.39 is 0 Å². The summed E-state index contributed by atoms with van der Waals surface area (Å²) in [5.74, 6) is 1.01. The fourth-order valence-corrected chi connectivity index (χ4v) is 1.66. The molecule has 0 saturated carbocycles. The lowest BCUT2D eigenvalue weighted by Crippen LogP contribution is -2.19. The van der Waals surface area contributed by atoms with E-state index in [4.69, 9.17) is 0 Å². The van der Waals surface area contributed by atoms with Crippen molar-refractivity contribution in [3.05, 3.63) is 22.8 Å². The van der Waals surface area contributed by atoms with E-state index >= 15 is 0 Å². The van der Waals surface area contributed by atoms with Crippen molar-refractivity contribution in [2.24, 2.45) is 0 Å². The second-order valence-corrected chi connectivity index (χ2v) is 3.58. The van der Waals surface area contributed by atoms with Gasteiger partial charge >= 0.3 is 0 Å². The van der Waals surface area contributed by atoms with Crippen LogP contribution in [0.4, 0.5) is 5.82 Å². The minimum absolute atomic E-state index is 1.01. The average molecular weight is 229 g/mol. The molecule has 0 radical (unpaired) electrons. The SMILES string of the molecule is CCCN(C)c1ncccc1Br. The van der Waals surface area contributed by atoms with Gasteiger partial charge in [0.15, 0.2) is 0 Å². The number of aromatic nitrogens is 1. The predicted octanol–water partition coefficient (Wildman–Crippen LogP) is 2.69. The highest BCUT2D eigenvalue weighted by atomic mass is 79.9. The van der Waals surface area contributed by atoms with Crippen molar-refractivity contribution in [3.63, 3.8) is 0 Å². The standard InChI is InChI=1S/C9H13BrN2/c1-3-7-12(2)9-8(10)5-4-6-11-9/h4-6H,3,7H2,1-2H3. The van der Waals surface area contributed by atoms with Crippen molar-refractivity contribution in [2.45, 2.75) is 13.3 Å². The van der Waals surface area contributed by atoms with Gasteiger partial charge in [0.2, 0.25) is 0 Å². The largest absolute Gasteiger partial charge is 0.359 e. The van der Waals surface area contributed by atoms with E-state index in [2.05, 4.69) is 39.8 Å². The second-order valence-electron chi connectivity index (χ2n) is 2.73. The van der Waals surface area contributed by atoms with Crippen LogP contribution in [-0.4, -0.2) is 18.6 Å². The number of nitrogens with zero attached hydrogens (tertiary/aromatic N) is 2. The average Bonchev–Trinajstić information content (AvgIpc) is 2.05. The summed E-state index contributed by atoms with van der Waals surface area (Å²) in [6.07, 6.45) is 2.95. The van der Waals surface area contributed by atoms with Gasteiger partial charge in [0.05, 0.1) is 4.47 Å². The van der Waals surface area contributed by atoms with Gasteiger partial charge in [-0.3, -0.25) is 0 Å². The molecule has 1 aromatic rings. The smallest absolute Gasteiger partial charge is 0.142 e. The van der Waals surface area contributed by atoms with Crippen molar-refractivity contribution < 1.29 is 0 Å². The van der Waals surface area contributed by atoms with Gasteiger partial charge in [-0.15, -0.1) is 0 Å². The van der Waals surface area contributed by atoms with Gasteiger partial charge in [0.1, 0.15) is 5.82 Å². The Kier molecular flexibility index (Phi) is 3.53. The molecule has 0 spiro atoms. The summed E-state index contributed by atoms with van der Waals surface area (Å²) in [5, 5.41) is 0. The maximum Gasteiger partial charge on any atom is 0.142 e. The summed E-state index contributed by atoms with van der Waals surface area (Å²) in [5.41, 5.74) is 0. The zero-order valence-electron chi connectivity index (χ0n) is 7.42. The molecule has 2 nitrogen and oxygen atoms in total. The topological polar surface area (TPSA) is 16.1 Å². The molecule has 0 saturated heterocycles. The quantitative estimate of drug-likeness (QED) is 0.792. The molecule has 0 aliphatic rings. The highest BCUT2D eigenvalue weighted by Gasteiger charge is 2.03. The van der Waals surface area contributed by atoms with Crippen molar-refractivity contribution >= 4 is 21.7 Å². The first-order valence-corrected chi connectivity index (χ1v) is 4.86. The lowest BCUT2D eigenvalue weighted by Gasteiger charge is -2.17. The highest BCUT2D eigenvalue weighted by molar-refractivity contribution is 9.10. The predicted molar refractivity (Wildman–Crippen MR) is 55.5 cm³/mol. The molecule has 0 atom stereocenters. The number of halogens is 1. The Labute approximate surface area is 81.7 Å². The van der Waals surface area contributed by atoms with E-state index in [1.54, 1.807) is 0 Å². The lowest BCUT2D eigenvalue weighted by atomic mass is 10.4. The summed E-state index contributed by atoms with van der Waals surface area (Å²) < 4.78 is 1.06. The Balaban J connectivity index is 2.79. The molecule has 1 heterocycles. The van der Waals surface area contributed by atoms with Gasteiger partial charge in [-0.1, -0.05) is 6.92 Å². The van der Waals surface area contributed by atoms with Crippen molar-refractivity contribution in [2.75, 3.05) is 18.5 Å². The monoisotopic (exact) mass is 228 g/mol. The van der Waals surface area contributed by atoms with Crippen LogP contribution >= 0.6 is 15.9 Å². The van der Waals surface area contributed by atoms with Gasteiger partial charge < -0.3 is 4.90 Å². The van der Waals surface area contributed by atoms with Gasteiger partial charge in [0.25, 0.3) is 0 Å². The first kappa shape index (κ1) is 9.52. The third kappa shape index (κ3) is 2.21. The van der Waals surface area contributed by atoms with E-state index in [0.29, 0.717) is 0 Å². The van der Waals surface area contributed by atoms with Crippen LogP contribution in [0.25, 0.3) is 0 Å². The maximum absolute atomic E-state index is 4.28. The van der Waals surface area contributed by atoms with Crippen LogP contribution in [0.3, 0.4) is 0 Å². The molecule has 0 fully saturated rings. The van der Waals surface area contributed by atoms with Gasteiger partial charge in [0, 0.05) is 19.8 Å². The Morgan fingerprint density at radius 2 is 2.33 bits per heavy atom. The van der Waals surface area contributed by atoms with E-state index in [0.717, 1.165) is 23.3 Å². The van der Waals surface area contributed by atoms with Crippen LogP contribution in [0.15, 0.2) is 22.8 Å². The summed E-state index contributed by atoms with van der Waals surface area (Å²) in [4.78, 5) is 6.42. The van der Waals surface area contributed by atoms with Gasteiger partial charge in [-0.25, -0.2) is 4.98 Å². The van der Waals surface area contributed by atoms with E-state index in [9.17, 15) is 0 Å². The number of hydrogen-bond donors (Lipinski definition) is 0. The molecule has 0 amide bonds. The molecular weight excluding hydrogens is 216 g/mol. The third-order valence-electron chi connectivity index (χ3n) is 1.66. The van der Waals surface area contributed by atoms with Crippen LogP contribution in [0, 0.1) is 0 Å². The molecule has 3 heteroatoms. The van der Waals surface area contributed by atoms with Crippen molar-refractivity contribution in [1.29, 1.82) is 0 Å². The van der Waals surface area contributed by atoms with Crippen LogP contribution < -0.4 is 4.90 Å². The zero-order chi connectivity index (χ0) is 8.97. The van der Waals surface area contributed by atoms with Crippen molar-refractivity contribution in [3.8, 4) is 0 Å². The number of rotatable bonds is 3. The molecule has 0 bridgehead atoms. The Morgan fingerprint density at radius 1 is 1.58 bits per heavy atom. The van der Waals surface area contributed by atoms with Crippen molar-refractivity contribution in [1.82, 2.24) is 4.98 Å². The van der Waals surface area contributed by atoms with E-state index in [1.807, 2.05) is 18.3 Å². The first-order valence-electron chi connectivity index (χ1n) is 4.07. The minimum atomic E-state index is 1.01. The minimum Gasteiger partial charge on any atom is -0.359 e. The fraction of sp³-hybridized carbons (Fsp3) is 0.444. The third-order valence-corrected chi connectivity index (χ3v) is 2.28. The molecule has 0 unspecified atom stereocenters. The highest BCUT2D eigenvalue weighted by Crippen LogP contribution is 2.21. The second kappa shape index (κ2) is 4.45. The van der Waals surface area contributed by atoms with E-state index in [1.165, 1.54) is 0 Å². The molecule has 0 N–H and O–H groups in total. The molecule has 66 valence electrons. The molecule has 0 aliphatic carbocycles. The number of anilines is 1. The summed E-state index contributed by atoms with van der Waals surface area (Å²) in [7, 11) is 2.05. The summed E-state index contributed by atoms with van der Waals surface area (Å²) in [6.45, 7) is 3.20. The molecule has 1 aromatic heterocycles. The van der Waals surface area contributed by atoms with Crippen LogP contribution in [-0.2, 0) is 0 Å². The summed E-state index contributed by atoms with van der Waals surface area (Å²) in [6, 6.07) is 3.93. The normalized spacial score (nSPS) is 9.92. The number of pyridine rings is 1. The first-order chi connectivity index (χ1) is 5.75. The molecule has 0 aliphatic heterocycles.